The van der Waals surface area contributed by atoms with Gasteiger partial charge in [-0.05, 0) is 6.42 Å². The molecule has 23 heavy (non-hydrogen) atoms. The molecule has 1 heterocycles. The molecule has 1 atom stereocenters. The van der Waals surface area contributed by atoms with Crippen molar-refractivity contribution in [2.45, 2.75) is 25.4 Å². The summed E-state index contributed by atoms with van der Waals surface area (Å²) in [6.07, 6.45) is -0.278. The molecule has 0 saturated carbocycles. The normalized spacial score (nSPS) is 17.8. The van der Waals surface area contributed by atoms with E-state index in [2.05, 4.69) is 0 Å². The Morgan fingerprint density at radius 1 is 1.17 bits per heavy atom. The number of aliphatic hydroxyl groups excluding tert-OH is 1. The average molecular weight is 352 g/mol. The summed E-state index contributed by atoms with van der Waals surface area (Å²) in [7, 11) is -4.20. The van der Waals surface area contributed by atoms with Crippen LogP contribution in [0.15, 0.2) is 0 Å². The van der Waals surface area contributed by atoms with Gasteiger partial charge in [0.2, 0.25) is 11.8 Å². The first-order chi connectivity index (χ1) is 10.7. The standard InChI is InChI=1S/C12H24N4O6S/c13-14-11(18)2-1-3-12(19)16-6-4-15(5-7-16)8-10(17)9-23(20,21)22/h10,17H,1-9,13H2,(H,14,18)(H,20,21,22). The Morgan fingerprint density at radius 2 is 1.78 bits per heavy atom. The van der Waals surface area contributed by atoms with Crippen LogP contribution in [-0.4, -0.2) is 84.3 Å². The topological polar surface area (TPSA) is 153 Å². The molecule has 0 aromatic heterocycles. The summed E-state index contributed by atoms with van der Waals surface area (Å²) in [6, 6.07) is 0. The van der Waals surface area contributed by atoms with Gasteiger partial charge in [0.15, 0.2) is 0 Å². The number of nitrogens with two attached hydrogens (primary N) is 1. The number of carbonyl (C=O) groups excluding carboxylic acids is 2. The molecule has 0 aliphatic carbocycles. The van der Waals surface area contributed by atoms with Gasteiger partial charge in [-0.15, -0.1) is 0 Å². The minimum atomic E-state index is -4.20. The van der Waals surface area contributed by atoms with Gasteiger partial charge in [-0.2, -0.15) is 8.42 Å². The van der Waals surface area contributed by atoms with Crippen LogP contribution in [0.4, 0.5) is 0 Å². The monoisotopic (exact) mass is 352 g/mol. The Kier molecular flexibility index (Phi) is 7.85. The number of hydrogen-bond acceptors (Lipinski definition) is 7. The summed E-state index contributed by atoms with van der Waals surface area (Å²) in [6.45, 7) is 2.09. The molecular formula is C12H24N4O6S. The van der Waals surface area contributed by atoms with E-state index in [1.54, 1.807) is 4.90 Å². The second kappa shape index (κ2) is 9.13. The Morgan fingerprint density at radius 3 is 2.30 bits per heavy atom. The molecule has 2 amide bonds. The van der Waals surface area contributed by atoms with Gasteiger partial charge in [-0.1, -0.05) is 0 Å². The second-order valence-corrected chi connectivity index (χ2v) is 7.00. The summed E-state index contributed by atoms with van der Waals surface area (Å²) in [5.41, 5.74) is 2.00. The SMILES string of the molecule is NNC(=O)CCCC(=O)N1CCN(CC(O)CS(=O)(=O)O)CC1. The maximum Gasteiger partial charge on any atom is 0.267 e. The molecule has 134 valence electrons. The first-order valence-electron chi connectivity index (χ1n) is 7.34. The molecule has 1 aliphatic heterocycles. The number of nitrogens with zero attached hydrogens (tertiary/aromatic N) is 2. The zero-order valence-corrected chi connectivity index (χ0v) is 13.7. The van der Waals surface area contributed by atoms with Crippen molar-refractivity contribution in [3.8, 4) is 0 Å². The molecule has 0 aromatic carbocycles. The van der Waals surface area contributed by atoms with Crippen molar-refractivity contribution in [3.63, 3.8) is 0 Å². The molecule has 1 saturated heterocycles. The molecular weight excluding hydrogens is 328 g/mol. The van der Waals surface area contributed by atoms with E-state index in [0.29, 0.717) is 32.6 Å². The van der Waals surface area contributed by atoms with Crippen LogP contribution >= 0.6 is 0 Å². The molecule has 0 bridgehead atoms. The van der Waals surface area contributed by atoms with Crippen LogP contribution in [0, 0.1) is 0 Å². The number of nitrogens with one attached hydrogen (secondary N) is 1. The van der Waals surface area contributed by atoms with Crippen molar-refractivity contribution in [2.75, 3.05) is 38.5 Å². The fraction of sp³-hybridized carbons (Fsp3) is 0.833. The van der Waals surface area contributed by atoms with E-state index in [1.807, 2.05) is 10.3 Å². The third-order valence-electron chi connectivity index (χ3n) is 3.55. The summed E-state index contributed by atoms with van der Waals surface area (Å²) >= 11 is 0. The summed E-state index contributed by atoms with van der Waals surface area (Å²) in [5.74, 6) is 3.89. The minimum Gasteiger partial charge on any atom is -0.391 e. The van der Waals surface area contributed by atoms with Gasteiger partial charge in [-0.3, -0.25) is 24.5 Å². The van der Waals surface area contributed by atoms with E-state index in [9.17, 15) is 23.1 Å². The van der Waals surface area contributed by atoms with Gasteiger partial charge in [0, 0.05) is 45.6 Å². The summed E-state index contributed by atoms with van der Waals surface area (Å²) in [4.78, 5) is 26.4. The lowest BCUT2D eigenvalue weighted by molar-refractivity contribution is -0.133. The van der Waals surface area contributed by atoms with E-state index in [-0.39, 0.29) is 31.2 Å². The second-order valence-electron chi connectivity index (χ2n) is 5.50. The first kappa shape index (κ1) is 19.8. The number of hydrogen-bond donors (Lipinski definition) is 4. The van der Waals surface area contributed by atoms with Gasteiger partial charge < -0.3 is 10.0 Å². The first-order valence-corrected chi connectivity index (χ1v) is 8.95. The number of piperazine rings is 1. The predicted molar refractivity (Wildman–Crippen MR) is 81.6 cm³/mol. The quantitative estimate of drug-likeness (QED) is 0.162. The molecule has 0 aromatic rings. The van der Waals surface area contributed by atoms with Gasteiger partial charge in [-0.25, -0.2) is 5.84 Å². The molecule has 1 unspecified atom stereocenters. The molecule has 10 nitrogen and oxygen atoms in total. The highest BCUT2D eigenvalue weighted by atomic mass is 32.2. The van der Waals surface area contributed by atoms with E-state index in [0.717, 1.165) is 0 Å². The van der Waals surface area contributed by atoms with Crippen molar-refractivity contribution in [3.05, 3.63) is 0 Å². The lowest BCUT2D eigenvalue weighted by Crippen LogP contribution is -2.51. The van der Waals surface area contributed by atoms with Crippen LogP contribution in [0.5, 0.6) is 0 Å². The zero-order chi connectivity index (χ0) is 17.5. The number of hydrazine groups is 1. The number of β-amino-alcohol motifs (C(OH)–C–C–N with tert-alkyl or cyclic N) is 1. The van der Waals surface area contributed by atoms with E-state index in [1.165, 1.54) is 0 Å². The van der Waals surface area contributed by atoms with Crippen LogP contribution in [0.3, 0.4) is 0 Å². The fourth-order valence-electron chi connectivity index (χ4n) is 2.40. The van der Waals surface area contributed by atoms with E-state index in [4.69, 9.17) is 10.4 Å². The molecule has 11 heteroatoms. The van der Waals surface area contributed by atoms with Crippen molar-refractivity contribution in [1.29, 1.82) is 0 Å². The Bertz CT molecular complexity index is 504. The summed E-state index contributed by atoms with van der Waals surface area (Å²) in [5, 5.41) is 9.59. The van der Waals surface area contributed by atoms with E-state index < -0.39 is 22.0 Å². The molecule has 0 radical (unpaired) electrons. The maximum absolute atomic E-state index is 12.0. The average Bonchev–Trinajstić information content (AvgIpc) is 2.45. The van der Waals surface area contributed by atoms with Crippen molar-refractivity contribution >= 4 is 21.9 Å². The number of amides is 2. The predicted octanol–water partition coefficient (Wildman–Crippen LogP) is -2.46. The largest absolute Gasteiger partial charge is 0.391 e. The van der Waals surface area contributed by atoms with Gasteiger partial charge in [0.1, 0.15) is 5.75 Å². The highest BCUT2D eigenvalue weighted by Gasteiger charge is 2.24. The van der Waals surface area contributed by atoms with Gasteiger partial charge in [0.25, 0.3) is 10.1 Å². The van der Waals surface area contributed by atoms with Crippen molar-refractivity contribution in [1.82, 2.24) is 15.2 Å². The Labute approximate surface area is 135 Å². The lowest BCUT2D eigenvalue weighted by Gasteiger charge is -2.35. The number of aliphatic hydroxyl groups is 1. The highest BCUT2D eigenvalue weighted by Crippen LogP contribution is 2.07. The smallest absolute Gasteiger partial charge is 0.267 e. The third kappa shape index (κ3) is 8.23. The molecule has 1 aliphatic rings. The van der Waals surface area contributed by atoms with Crippen LogP contribution in [-0.2, 0) is 19.7 Å². The number of rotatable bonds is 8. The van der Waals surface area contributed by atoms with Crippen molar-refractivity contribution < 1.29 is 27.7 Å². The molecule has 1 rings (SSSR count). The zero-order valence-electron chi connectivity index (χ0n) is 12.8. The highest BCUT2D eigenvalue weighted by molar-refractivity contribution is 7.85. The van der Waals surface area contributed by atoms with Gasteiger partial charge in [0.05, 0.1) is 6.10 Å². The van der Waals surface area contributed by atoms with E-state index >= 15 is 0 Å². The number of carbonyl (C=O) groups is 2. The van der Waals surface area contributed by atoms with Crippen LogP contribution < -0.4 is 11.3 Å². The molecule has 5 N–H and O–H groups in total. The van der Waals surface area contributed by atoms with Crippen molar-refractivity contribution in [2.24, 2.45) is 5.84 Å². The van der Waals surface area contributed by atoms with Crippen LogP contribution in [0.1, 0.15) is 19.3 Å². The minimum absolute atomic E-state index is 0.0482. The lowest BCUT2D eigenvalue weighted by atomic mass is 10.2. The maximum atomic E-state index is 12.0. The Hall–Kier alpha value is -1.27. The Balaban J connectivity index is 2.26. The summed E-state index contributed by atoms with van der Waals surface area (Å²) < 4.78 is 30.0. The molecule has 1 fully saturated rings. The van der Waals surface area contributed by atoms with Crippen LogP contribution in [0.25, 0.3) is 0 Å². The fourth-order valence-corrected chi connectivity index (χ4v) is 3.00. The van der Waals surface area contributed by atoms with Crippen LogP contribution in [0.2, 0.25) is 0 Å². The van der Waals surface area contributed by atoms with Gasteiger partial charge >= 0.3 is 0 Å². The third-order valence-corrected chi connectivity index (χ3v) is 4.36. The molecule has 0 spiro atoms.